The van der Waals surface area contributed by atoms with Crippen molar-refractivity contribution in [2.75, 3.05) is 17.2 Å². The summed E-state index contributed by atoms with van der Waals surface area (Å²) in [5.74, 6) is 0.697. The van der Waals surface area contributed by atoms with Crippen molar-refractivity contribution in [2.45, 2.75) is 31.3 Å². The van der Waals surface area contributed by atoms with Crippen molar-refractivity contribution in [2.24, 2.45) is 0 Å². The summed E-state index contributed by atoms with van der Waals surface area (Å²) in [6, 6.07) is 11.8. The first kappa shape index (κ1) is 17.5. The third kappa shape index (κ3) is 4.60. The number of aryl methyl sites for hydroxylation is 1. The number of nitrogens with zero attached hydrogens (tertiary/aromatic N) is 2. The Morgan fingerprint density at radius 3 is 2.96 bits per heavy atom. The summed E-state index contributed by atoms with van der Waals surface area (Å²) in [5.41, 5.74) is 3.08. The van der Waals surface area contributed by atoms with Crippen molar-refractivity contribution >= 4 is 29.3 Å². The fourth-order valence-electron chi connectivity index (χ4n) is 2.78. The lowest BCUT2D eigenvalue weighted by Crippen LogP contribution is -2.36. The lowest BCUT2D eigenvalue weighted by atomic mass is 10.1. The Morgan fingerprint density at radius 1 is 1.24 bits per heavy atom. The molecule has 1 aliphatic heterocycles. The maximum absolute atomic E-state index is 12.5. The molecule has 25 heavy (non-hydrogen) atoms. The molecule has 0 radical (unpaired) electrons. The minimum Gasteiger partial charge on any atom is -0.352 e. The minimum atomic E-state index is -0.104. The highest BCUT2D eigenvalue weighted by molar-refractivity contribution is 7.99. The van der Waals surface area contributed by atoms with E-state index in [1.807, 2.05) is 43.3 Å². The maximum atomic E-state index is 12.5. The van der Waals surface area contributed by atoms with Gasteiger partial charge in [-0.1, -0.05) is 29.8 Å². The second kappa shape index (κ2) is 8.16. The van der Waals surface area contributed by atoms with E-state index in [2.05, 4.69) is 10.3 Å². The molecule has 6 heteroatoms. The zero-order chi connectivity index (χ0) is 17.6. The van der Waals surface area contributed by atoms with Crippen LogP contribution in [-0.2, 0) is 16.1 Å². The number of pyridine rings is 1. The Balaban J connectivity index is 1.50. The molecule has 0 saturated carbocycles. The highest BCUT2D eigenvalue weighted by atomic mass is 32.2. The van der Waals surface area contributed by atoms with E-state index < -0.39 is 0 Å². The molecule has 0 atom stereocenters. The first-order valence-electron chi connectivity index (χ1n) is 8.34. The summed E-state index contributed by atoms with van der Waals surface area (Å²) in [5, 5.41) is 3.76. The second-order valence-corrected chi connectivity index (χ2v) is 7.07. The SMILES string of the molecule is Cc1cccc(CNC(=O)CCC(=O)N2CCSc3ncccc32)c1. The van der Waals surface area contributed by atoms with Gasteiger partial charge in [0.25, 0.3) is 0 Å². The van der Waals surface area contributed by atoms with Gasteiger partial charge in [0.15, 0.2) is 0 Å². The van der Waals surface area contributed by atoms with Crippen molar-refractivity contribution in [3.8, 4) is 0 Å². The Kier molecular flexibility index (Phi) is 5.71. The molecule has 0 aliphatic carbocycles. The largest absolute Gasteiger partial charge is 0.352 e. The van der Waals surface area contributed by atoms with Crippen LogP contribution in [0.5, 0.6) is 0 Å². The second-order valence-electron chi connectivity index (χ2n) is 5.99. The summed E-state index contributed by atoms with van der Waals surface area (Å²) in [4.78, 5) is 30.6. The van der Waals surface area contributed by atoms with E-state index in [-0.39, 0.29) is 24.7 Å². The molecular formula is C19H21N3O2S. The molecule has 2 heterocycles. The smallest absolute Gasteiger partial charge is 0.227 e. The lowest BCUT2D eigenvalue weighted by Gasteiger charge is -2.28. The van der Waals surface area contributed by atoms with Gasteiger partial charge in [0.1, 0.15) is 5.03 Å². The van der Waals surface area contributed by atoms with E-state index in [9.17, 15) is 9.59 Å². The monoisotopic (exact) mass is 355 g/mol. The van der Waals surface area contributed by atoms with E-state index in [1.54, 1.807) is 22.9 Å². The number of thioether (sulfide) groups is 1. The highest BCUT2D eigenvalue weighted by Crippen LogP contribution is 2.32. The molecule has 0 fully saturated rings. The average molecular weight is 355 g/mol. The molecule has 2 amide bonds. The predicted molar refractivity (Wildman–Crippen MR) is 99.6 cm³/mol. The van der Waals surface area contributed by atoms with Crippen molar-refractivity contribution in [3.63, 3.8) is 0 Å². The number of nitrogens with one attached hydrogen (secondary N) is 1. The molecule has 0 saturated heterocycles. The molecule has 0 unspecified atom stereocenters. The van der Waals surface area contributed by atoms with Crippen LogP contribution in [0.15, 0.2) is 47.6 Å². The van der Waals surface area contributed by atoms with Crippen molar-refractivity contribution in [1.82, 2.24) is 10.3 Å². The van der Waals surface area contributed by atoms with Crippen molar-refractivity contribution in [1.29, 1.82) is 0 Å². The third-order valence-electron chi connectivity index (χ3n) is 4.03. The predicted octanol–water partition coefficient (Wildman–Crippen LogP) is 2.93. The molecular weight excluding hydrogens is 334 g/mol. The van der Waals surface area contributed by atoms with Crippen LogP contribution in [0.4, 0.5) is 5.69 Å². The Bertz CT molecular complexity index is 779. The number of amides is 2. The Morgan fingerprint density at radius 2 is 2.12 bits per heavy atom. The fraction of sp³-hybridized carbons (Fsp3) is 0.316. The summed E-state index contributed by atoms with van der Waals surface area (Å²) in [6.07, 6.45) is 2.14. The first-order chi connectivity index (χ1) is 12.1. The topological polar surface area (TPSA) is 62.3 Å². The van der Waals surface area contributed by atoms with Gasteiger partial charge >= 0.3 is 0 Å². The van der Waals surface area contributed by atoms with Gasteiger partial charge in [0.05, 0.1) is 5.69 Å². The summed E-state index contributed by atoms with van der Waals surface area (Å²) >= 11 is 1.66. The molecule has 5 nitrogen and oxygen atoms in total. The van der Waals surface area contributed by atoms with Gasteiger partial charge in [0.2, 0.25) is 11.8 Å². The van der Waals surface area contributed by atoms with Gasteiger partial charge in [-0.3, -0.25) is 9.59 Å². The number of carbonyl (C=O) groups is 2. The van der Waals surface area contributed by atoms with Crippen LogP contribution >= 0.6 is 11.8 Å². The molecule has 1 aromatic carbocycles. The molecule has 1 N–H and O–H groups in total. The van der Waals surface area contributed by atoms with Gasteiger partial charge < -0.3 is 10.2 Å². The molecule has 2 aromatic rings. The molecule has 1 aromatic heterocycles. The number of hydrogen-bond acceptors (Lipinski definition) is 4. The molecule has 0 bridgehead atoms. The van der Waals surface area contributed by atoms with E-state index in [4.69, 9.17) is 0 Å². The highest BCUT2D eigenvalue weighted by Gasteiger charge is 2.23. The van der Waals surface area contributed by atoms with Crippen LogP contribution in [0.25, 0.3) is 0 Å². The van der Waals surface area contributed by atoms with Crippen LogP contribution in [0.2, 0.25) is 0 Å². The van der Waals surface area contributed by atoms with E-state index in [0.29, 0.717) is 13.1 Å². The summed E-state index contributed by atoms with van der Waals surface area (Å²) in [7, 11) is 0. The van der Waals surface area contributed by atoms with Crippen molar-refractivity contribution in [3.05, 3.63) is 53.7 Å². The van der Waals surface area contributed by atoms with Crippen LogP contribution in [0.1, 0.15) is 24.0 Å². The van der Waals surface area contributed by atoms with Gasteiger partial charge in [-0.05, 0) is 24.6 Å². The number of carbonyl (C=O) groups excluding carboxylic acids is 2. The van der Waals surface area contributed by atoms with E-state index >= 15 is 0 Å². The summed E-state index contributed by atoms with van der Waals surface area (Å²) < 4.78 is 0. The van der Waals surface area contributed by atoms with Crippen LogP contribution < -0.4 is 10.2 Å². The van der Waals surface area contributed by atoms with Gasteiger partial charge in [-0.15, -0.1) is 11.8 Å². The average Bonchev–Trinajstić information content (AvgIpc) is 2.64. The number of anilines is 1. The van der Waals surface area contributed by atoms with Crippen molar-refractivity contribution < 1.29 is 9.59 Å². The molecule has 1 aliphatic rings. The number of aromatic nitrogens is 1. The van der Waals surface area contributed by atoms with Crippen LogP contribution in [0, 0.1) is 6.92 Å². The normalized spacial score (nSPS) is 13.2. The Hall–Kier alpha value is -2.34. The van der Waals surface area contributed by atoms with E-state index in [1.165, 1.54) is 0 Å². The zero-order valence-corrected chi connectivity index (χ0v) is 15.0. The fourth-order valence-corrected chi connectivity index (χ4v) is 3.71. The molecule has 0 spiro atoms. The van der Waals surface area contributed by atoms with Gasteiger partial charge in [-0.2, -0.15) is 0 Å². The number of hydrogen-bond donors (Lipinski definition) is 1. The molecule has 3 rings (SSSR count). The lowest BCUT2D eigenvalue weighted by molar-refractivity contribution is -0.125. The Labute approximate surface area is 151 Å². The molecule has 130 valence electrons. The van der Waals surface area contributed by atoms with Crippen LogP contribution in [0.3, 0.4) is 0 Å². The van der Waals surface area contributed by atoms with E-state index in [0.717, 1.165) is 27.6 Å². The minimum absolute atomic E-state index is 0.0275. The van der Waals surface area contributed by atoms with Gasteiger partial charge in [0, 0.05) is 37.9 Å². The summed E-state index contributed by atoms with van der Waals surface area (Å²) in [6.45, 7) is 3.17. The first-order valence-corrected chi connectivity index (χ1v) is 9.32. The number of benzene rings is 1. The number of fused-ring (bicyclic) bond motifs is 1. The standard InChI is InChI=1S/C19H21N3O2S/c1-14-4-2-5-15(12-14)13-21-17(23)7-8-18(24)22-10-11-25-19-16(22)6-3-9-20-19/h2-6,9,12H,7-8,10-11,13H2,1H3,(H,21,23). The zero-order valence-electron chi connectivity index (χ0n) is 14.2. The van der Waals surface area contributed by atoms with Gasteiger partial charge in [-0.25, -0.2) is 4.98 Å². The quantitative estimate of drug-likeness (QED) is 0.896. The third-order valence-corrected chi connectivity index (χ3v) is 5.01. The number of rotatable bonds is 5. The van der Waals surface area contributed by atoms with Crippen LogP contribution in [-0.4, -0.2) is 29.1 Å². The maximum Gasteiger partial charge on any atom is 0.227 e.